The predicted octanol–water partition coefficient (Wildman–Crippen LogP) is 2.48. The van der Waals surface area contributed by atoms with Gasteiger partial charge in [0.15, 0.2) is 0 Å². The Bertz CT molecular complexity index is 400. The molecular weight excluding hydrogens is 244 g/mol. The summed E-state index contributed by atoms with van der Waals surface area (Å²) in [4.78, 5) is 0. The molecule has 4 nitrogen and oxygen atoms in total. The molecule has 1 N–H and O–H groups in total. The van der Waals surface area contributed by atoms with Crippen molar-refractivity contribution in [3.63, 3.8) is 0 Å². The first-order chi connectivity index (χ1) is 9.11. The van der Waals surface area contributed by atoms with Gasteiger partial charge in [0, 0.05) is 13.2 Å². The van der Waals surface area contributed by atoms with Gasteiger partial charge in [-0.3, -0.25) is 0 Å². The highest BCUT2D eigenvalue weighted by atomic mass is 16.5. The summed E-state index contributed by atoms with van der Waals surface area (Å²) in [6.07, 6.45) is 3.38. The Morgan fingerprint density at radius 3 is 1.95 bits per heavy atom. The Balaban J connectivity index is 2.25. The summed E-state index contributed by atoms with van der Waals surface area (Å²) in [5.74, 6) is 1.41. The van der Waals surface area contributed by atoms with E-state index in [-0.39, 0.29) is 6.10 Å². The molecule has 1 aliphatic rings. The smallest absolute Gasteiger partial charge is 0.122 e. The van der Waals surface area contributed by atoms with Crippen molar-refractivity contribution in [2.24, 2.45) is 0 Å². The van der Waals surface area contributed by atoms with Crippen molar-refractivity contribution in [3.05, 3.63) is 23.8 Å². The van der Waals surface area contributed by atoms with Crippen molar-refractivity contribution < 1.29 is 19.3 Å². The van der Waals surface area contributed by atoms with Gasteiger partial charge in [-0.15, -0.1) is 0 Å². The molecule has 19 heavy (non-hydrogen) atoms. The Hall–Kier alpha value is -1.26. The third kappa shape index (κ3) is 3.01. The van der Waals surface area contributed by atoms with E-state index >= 15 is 0 Å². The summed E-state index contributed by atoms with van der Waals surface area (Å²) < 4.78 is 15.9. The van der Waals surface area contributed by atoms with Crippen LogP contribution in [0.2, 0.25) is 0 Å². The van der Waals surface area contributed by atoms with Gasteiger partial charge in [-0.2, -0.15) is 0 Å². The number of aliphatic hydroxyl groups is 1. The second-order valence-electron chi connectivity index (χ2n) is 5.07. The lowest BCUT2D eigenvalue weighted by molar-refractivity contribution is -0.0476. The van der Waals surface area contributed by atoms with Crippen LogP contribution in [0.1, 0.15) is 31.2 Å². The first-order valence-corrected chi connectivity index (χ1v) is 6.60. The Labute approximate surface area is 114 Å². The molecule has 1 saturated carbocycles. The highest BCUT2D eigenvalue weighted by Crippen LogP contribution is 2.40. The molecule has 0 atom stereocenters. The Kier molecular flexibility index (Phi) is 4.32. The second kappa shape index (κ2) is 5.80. The lowest BCUT2D eigenvalue weighted by Gasteiger charge is -2.36. The molecule has 0 bridgehead atoms. The van der Waals surface area contributed by atoms with E-state index in [0.29, 0.717) is 24.3 Å². The maximum Gasteiger partial charge on any atom is 0.122 e. The average molecular weight is 266 g/mol. The van der Waals surface area contributed by atoms with Crippen molar-refractivity contribution in [2.45, 2.75) is 37.4 Å². The first-order valence-electron chi connectivity index (χ1n) is 6.60. The van der Waals surface area contributed by atoms with Crippen molar-refractivity contribution >= 4 is 0 Å². The van der Waals surface area contributed by atoms with Crippen LogP contribution in [0.5, 0.6) is 11.5 Å². The van der Waals surface area contributed by atoms with Crippen molar-refractivity contribution in [1.82, 2.24) is 0 Å². The number of ether oxygens (including phenoxy) is 3. The largest absolute Gasteiger partial charge is 0.497 e. The molecule has 1 fully saturated rings. The third-order valence-corrected chi connectivity index (χ3v) is 3.98. The van der Waals surface area contributed by atoms with Gasteiger partial charge >= 0.3 is 0 Å². The van der Waals surface area contributed by atoms with Crippen molar-refractivity contribution in [2.75, 3.05) is 21.3 Å². The summed E-state index contributed by atoms with van der Waals surface area (Å²) in [7, 11) is 4.96. The van der Waals surface area contributed by atoms with Gasteiger partial charge in [0.2, 0.25) is 0 Å². The second-order valence-corrected chi connectivity index (χ2v) is 5.07. The van der Waals surface area contributed by atoms with Crippen LogP contribution in [0.15, 0.2) is 18.2 Å². The van der Waals surface area contributed by atoms with E-state index in [2.05, 4.69) is 0 Å². The number of hydrogen-bond acceptors (Lipinski definition) is 4. The summed E-state index contributed by atoms with van der Waals surface area (Å²) in [6, 6.07) is 5.58. The molecule has 106 valence electrons. The molecule has 0 aromatic heterocycles. The number of benzene rings is 1. The monoisotopic (exact) mass is 266 g/mol. The van der Waals surface area contributed by atoms with E-state index in [4.69, 9.17) is 14.2 Å². The molecule has 0 aliphatic heterocycles. The normalized spacial score (nSPS) is 27.1. The topological polar surface area (TPSA) is 47.9 Å². The van der Waals surface area contributed by atoms with E-state index in [1.807, 2.05) is 18.2 Å². The van der Waals surface area contributed by atoms with Crippen LogP contribution >= 0.6 is 0 Å². The molecule has 1 aromatic carbocycles. The van der Waals surface area contributed by atoms with Crippen LogP contribution < -0.4 is 9.47 Å². The zero-order chi connectivity index (χ0) is 13.9. The standard InChI is InChI=1S/C15H22O4/c1-17-12-4-6-15(16,7-5-12)11-8-13(18-2)10-14(9-11)19-3/h8-10,12,16H,4-7H2,1-3H3. The maximum absolute atomic E-state index is 10.8. The molecule has 1 aromatic rings. The van der Waals surface area contributed by atoms with Crippen LogP contribution in [0.3, 0.4) is 0 Å². The van der Waals surface area contributed by atoms with E-state index in [1.165, 1.54) is 0 Å². The highest BCUT2D eigenvalue weighted by Gasteiger charge is 2.35. The van der Waals surface area contributed by atoms with Crippen LogP contribution in [0.4, 0.5) is 0 Å². The van der Waals surface area contributed by atoms with Gasteiger partial charge in [0.05, 0.1) is 25.9 Å². The fourth-order valence-electron chi connectivity index (χ4n) is 2.67. The minimum Gasteiger partial charge on any atom is -0.497 e. The third-order valence-electron chi connectivity index (χ3n) is 3.98. The van der Waals surface area contributed by atoms with Crippen molar-refractivity contribution in [1.29, 1.82) is 0 Å². The molecule has 0 saturated heterocycles. The lowest BCUT2D eigenvalue weighted by atomic mass is 9.78. The number of rotatable bonds is 4. The minimum absolute atomic E-state index is 0.257. The van der Waals surface area contributed by atoms with Gasteiger partial charge in [-0.05, 0) is 43.4 Å². The summed E-state index contributed by atoms with van der Waals surface area (Å²) in [6.45, 7) is 0. The number of hydrogen-bond donors (Lipinski definition) is 1. The Morgan fingerprint density at radius 1 is 1.00 bits per heavy atom. The van der Waals surface area contributed by atoms with E-state index in [1.54, 1.807) is 21.3 Å². The molecular formula is C15H22O4. The molecule has 0 radical (unpaired) electrons. The number of methoxy groups -OCH3 is 3. The quantitative estimate of drug-likeness (QED) is 0.909. The molecule has 1 aliphatic carbocycles. The lowest BCUT2D eigenvalue weighted by Crippen LogP contribution is -2.34. The minimum atomic E-state index is -0.809. The van der Waals surface area contributed by atoms with Gasteiger partial charge < -0.3 is 19.3 Å². The molecule has 0 unspecified atom stereocenters. The van der Waals surface area contributed by atoms with E-state index in [9.17, 15) is 5.11 Å². The molecule has 4 heteroatoms. The molecule has 2 rings (SSSR count). The van der Waals surface area contributed by atoms with Crippen LogP contribution in [-0.2, 0) is 10.3 Å². The van der Waals surface area contributed by atoms with Gasteiger partial charge in [0.25, 0.3) is 0 Å². The fourth-order valence-corrected chi connectivity index (χ4v) is 2.67. The first kappa shape index (κ1) is 14.2. The zero-order valence-corrected chi connectivity index (χ0v) is 11.8. The van der Waals surface area contributed by atoms with Gasteiger partial charge in [0.1, 0.15) is 11.5 Å². The SMILES string of the molecule is COc1cc(OC)cc(C2(O)CCC(OC)CC2)c1. The van der Waals surface area contributed by atoms with E-state index in [0.717, 1.165) is 18.4 Å². The van der Waals surface area contributed by atoms with Crippen LogP contribution in [0.25, 0.3) is 0 Å². The maximum atomic E-state index is 10.8. The van der Waals surface area contributed by atoms with E-state index < -0.39 is 5.60 Å². The highest BCUT2D eigenvalue weighted by molar-refractivity contribution is 5.41. The van der Waals surface area contributed by atoms with Crippen molar-refractivity contribution in [3.8, 4) is 11.5 Å². The van der Waals surface area contributed by atoms with Gasteiger partial charge in [-0.1, -0.05) is 0 Å². The molecule has 0 amide bonds. The van der Waals surface area contributed by atoms with Crippen LogP contribution in [0, 0.1) is 0 Å². The molecule has 0 heterocycles. The summed E-state index contributed by atoms with van der Waals surface area (Å²) in [5, 5.41) is 10.8. The summed E-state index contributed by atoms with van der Waals surface area (Å²) in [5.41, 5.74) is 0.0508. The predicted molar refractivity (Wildman–Crippen MR) is 72.7 cm³/mol. The van der Waals surface area contributed by atoms with Gasteiger partial charge in [-0.25, -0.2) is 0 Å². The fraction of sp³-hybridized carbons (Fsp3) is 0.600. The Morgan fingerprint density at radius 2 is 1.53 bits per heavy atom. The summed E-state index contributed by atoms with van der Waals surface area (Å²) >= 11 is 0. The zero-order valence-electron chi connectivity index (χ0n) is 11.8. The van der Waals surface area contributed by atoms with Crippen LogP contribution in [-0.4, -0.2) is 32.5 Å². The molecule has 0 spiro atoms. The average Bonchev–Trinajstić information content (AvgIpc) is 2.47.